The Hall–Kier alpha value is -2.68. The molecule has 0 spiro atoms. The van der Waals surface area contributed by atoms with Crippen molar-refractivity contribution in [2.45, 2.75) is 32.0 Å². The molecule has 2 N–H and O–H groups in total. The molecule has 3 rings (SSSR count). The van der Waals surface area contributed by atoms with E-state index >= 15 is 0 Å². The average Bonchev–Trinajstić information content (AvgIpc) is 3.14. The van der Waals surface area contributed by atoms with E-state index in [1.54, 1.807) is 24.3 Å². The first-order chi connectivity index (χ1) is 12.7. The van der Waals surface area contributed by atoms with Gasteiger partial charge in [-0.2, -0.15) is 5.26 Å². The molecule has 2 aromatic rings. The average molecular weight is 349 g/mol. The minimum absolute atomic E-state index is 0.189. The van der Waals surface area contributed by atoms with E-state index in [9.17, 15) is 9.90 Å². The maximum absolute atomic E-state index is 12.4. The molecule has 5 nitrogen and oxygen atoms in total. The van der Waals surface area contributed by atoms with Gasteiger partial charge < -0.3 is 10.4 Å². The van der Waals surface area contributed by atoms with Crippen molar-refractivity contribution < 1.29 is 9.90 Å². The van der Waals surface area contributed by atoms with Crippen molar-refractivity contribution in [1.82, 2.24) is 10.2 Å². The Labute approximate surface area is 153 Å². The summed E-state index contributed by atoms with van der Waals surface area (Å²) in [5.41, 5.74) is 3.20. The molecule has 1 aliphatic rings. The van der Waals surface area contributed by atoms with Crippen molar-refractivity contribution in [3.63, 3.8) is 0 Å². The second-order valence-electron chi connectivity index (χ2n) is 6.59. The quantitative estimate of drug-likeness (QED) is 0.840. The highest BCUT2D eigenvalue weighted by Gasteiger charge is 2.24. The lowest BCUT2D eigenvalue weighted by Gasteiger charge is -2.24. The Kier molecular flexibility index (Phi) is 6.00. The minimum Gasteiger partial charge on any atom is -0.395 e. The van der Waals surface area contributed by atoms with Crippen molar-refractivity contribution in [2.75, 3.05) is 13.2 Å². The van der Waals surface area contributed by atoms with Gasteiger partial charge in [0.1, 0.15) is 0 Å². The molecule has 5 heteroatoms. The molecule has 0 radical (unpaired) electrons. The first-order valence-corrected chi connectivity index (χ1v) is 8.91. The van der Waals surface area contributed by atoms with Crippen LogP contribution in [0.15, 0.2) is 48.5 Å². The molecule has 134 valence electrons. The molecule has 1 heterocycles. The van der Waals surface area contributed by atoms with Gasteiger partial charge in [-0.15, -0.1) is 0 Å². The molecule has 1 aliphatic heterocycles. The van der Waals surface area contributed by atoms with E-state index in [0.717, 1.165) is 31.5 Å². The first-order valence-electron chi connectivity index (χ1n) is 8.91. The van der Waals surface area contributed by atoms with E-state index in [1.807, 2.05) is 24.3 Å². The molecule has 0 saturated carbocycles. The van der Waals surface area contributed by atoms with Crippen LogP contribution < -0.4 is 5.32 Å². The summed E-state index contributed by atoms with van der Waals surface area (Å²) in [6, 6.07) is 17.0. The fraction of sp³-hybridized carbons (Fsp3) is 0.333. The smallest absolute Gasteiger partial charge is 0.251 e. The third-order valence-electron chi connectivity index (χ3n) is 4.89. The summed E-state index contributed by atoms with van der Waals surface area (Å²) >= 11 is 0. The van der Waals surface area contributed by atoms with Crippen molar-refractivity contribution in [3.8, 4) is 6.07 Å². The van der Waals surface area contributed by atoms with Gasteiger partial charge in [0.05, 0.1) is 18.2 Å². The highest BCUT2D eigenvalue weighted by atomic mass is 16.3. The Morgan fingerprint density at radius 3 is 2.81 bits per heavy atom. The summed E-state index contributed by atoms with van der Waals surface area (Å²) in [5, 5.41) is 21.4. The third kappa shape index (κ3) is 4.29. The van der Waals surface area contributed by atoms with Crippen molar-refractivity contribution in [1.29, 1.82) is 5.26 Å². The number of nitrogens with zero attached hydrogens (tertiary/aromatic N) is 2. The molecule has 0 bridgehead atoms. The predicted molar refractivity (Wildman–Crippen MR) is 99.3 cm³/mol. The van der Waals surface area contributed by atoms with Crippen LogP contribution in [0, 0.1) is 11.3 Å². The van der Waals surface area contributed by atoms with E-state index in [4.69, 9.17) is 5.26 Å². The molecule has 1 atom stereocenters. The number of nitrogens with one attached hydrogen (secondary N) is 1. The number of hydrogen-bond donors (Lipinski definition) is 2. The number of aliphatic hydroxyl groups excluding tert-OH is 1. The standard InChI is InChI=1S/C21H23N3O2/c22-12-16-5-3-8-17(11-16)21(26)23-13-18-6-1-2-7-19(18)14-24-10-4-9-20(24)15-25/h1-3,5-8,11,20,25H,4,9-10,13-15H2,(H,23,26)/t20-/m1/s1. The number of hydrogen-bond acceptors (Lipinski definition) is 4. The van der Waals surface area contributed by atoms with Crippen LogP contribution in [0.1, 0.15) is 39.9 Å². The highest BCUT2D eigenvalue weighted by Crippen LogP contribution is 2.21. The molecule has 1 amide bonds. The van der Waals surface area contributed by atoms with Crippen LogP contribution in [-0.4, -0.2) is 35.1 Å². The van der Waals surface area contributed by atoms with E-state index in [2.05, 4.69) is 16.3 Å². The van der Waals surface area contributed by atoms with Crippen LogP contribution in [0.3, 0.4) is 0 Å². The SMILES string of the molecule is N#Cc1cccc(C(=O)NCc2ccccc2CN2CCC[C@@H]2CO)c1. The Morgan fingerprint density at radius 1 is 1.23 bits per heavy atom. The number of amides is 1. The van der Waals surface area contributed by atoms with Crippen LogP contribution in [0.2, 0.25) is 0 Å². The van der Waals surface area contributed by atoms with Crippen molar-refractivity contribution in [3.05, 3.63) is 70.8 Å². The number of rotatable bonds is 6. The summed E-state index contributed by atoms with van der Waals surface area (Å²) in [5.74, 6) is -0.189. The molecule has 0 aliphatic carbocycles. The van der Waals surface area contributed by atoms with Gasteiger partial charge in [0.15, 0.2) is 0 Å². The summed E-state index contributed by atoms with van der Waals surface area (Å²) in [7, 11) is 0. The maximum Gasteiger partial charge on any atom is 0.251 e. The fourth-order valence-corrected chi connectivity index (χ4v) is 3.42. The number of carbonyl (C=O) groups is 1. The van der Waals surface area contributed by atoms with E-state index in [1.165, 1.54) is 5.56 Å². The van der Waals surface area contributed by atoms with Crippen LogP contribution in [0.4, 0.5) is 0 Å². The van der Waals surface area contributed by atoms with Gasteiger partial charge in [0, 0.05) is 24.7 Å². The molecular formula is C21H23N3O2. The van der Waals surface area contributed by atoms with E-state index in [0.29, 0.717) is 17.7 Å². The molecular weight excluding hydrogens is 326 g/mol. The second kappa shape index (κ2) is 8.61. The lowest BCUT2D eigenvalue weighted by atomic mass is 10.1. The molecule has 26 heavy (non-hydrogen) atoms. The number of likely N-dealkylation sites (tertiary alicyclic amines) is 1. The van der Waals surface area contributed by atoms with E-state index < -0.39 is 0 Å². The summed E-state index contributed by atoms with van der Waals surface area (Å²) in [6.45, 7) is 2.39. The maximum atomic E-state index is 12.4. The summed E-state index contributed by atoms with van der Waals surface area (Å²) in [6.07, 6.45) is 2.14. The number of benzene rings is 2. The van der Waals surface area contributed by atoms with Gasteiger partial charge in [0.2, 0.25) is 0 Å². The fourth-order valence-electron chi connectivity index (χ4n) is 3.42. The van der Waals surface area contributed by atoms with Crippen molar-refractivity contribution >= 4 is 5.91 Å². The molecule has 1 saturated heterocycles. The monoisotopic (exact) mass is 349 g/mol. The van der Waals surface area contributed by atoms with Gasteiger partial charge in [-0.3, -0.25) is 9.69 Å². The number of aliphatic hydroxyl groups is 1. The molecule has 0 aromatic heterocycles. The highest BCUT2D eigenvalue weighted by molar-refractivity contribution is 5.94. The largest absolute Gasteiger partial charge is 0.395 e. The van der Waals surface area contributed by atoms with Gasteiger partial charge in [-0.1, -0.05) is 30.3 Å². The Morgan fingerprint density at radius 2 is 2.04 bits per heavy atom. The Balaban J connectivity index is 1.66. The van der Waals surface area contributed by atoms with Crippen molar-refractivity contribution in [2.24, 2.45) is 0 Å². The van der Waals surface area contributed by atoms with Crippen LogP contribution in [0.25, 0.3) is 0 Å². The van der Waals surface area contributed by atoms with E-state index in [-0.39, 0.29) is 18.6 Å². The van der Waals surface area contributed by atoms with Gasteiger partial charge >= 0.3 is 0 Å². The van der Waals surface area contributed by atoms with Crippen LogP contribution in [-0.2, 0) is 13.1 Å². The van der Waals surface area contributed by atoms with Crippen LogP contribution >= 0.6 is 0 Å². The zero-order chi connectivity index (χ0) is 18.4. The summed E-state index contributed by atoms with van der Waals surface area (Å²) in [4.78, 5) is 14.7. The summed E-state index contributed by atoms with van der Waals surface area (Å²) < 4.78 is 0. The number of nitriles is 1. The lowest BCUT2D eigenvalue weighted by molar-refractivity contribution is 0.0950. The zero-order valence-electron chi connectivity index (χ0n) is 14.7. The topological polar surface area (TPSA) is 76.4 Å². The molecule has 2 aromatic carbocycles. The van der Waals surface area contributed by atoms with Gasteiger partial charge in [0.25, 0.3) is 5.91 Å². The van der Waals surface area contributed by atoms with Crippen LogP contribution in [0.5, 0.6) is 0 Å². The Bertz CT molecular complexity index is 813. The molecule has 0 unspecified atom stereocenters. The minimum atomic E-state index is -0.189. The second-order valence-corrected chi connectivity index (χ2v) is 6.59. The number of carbonyl (C=O) groups excluding carboxylic acids is 1. The lowest BCUT2D eigenvalue weighted by Crippen LogP contribution is -2.32. The normalized spacial score (nSPS) is 17.0. The first kappa shape index (κ1) is 18.1. The third-order valence-corrected chi connectivity index (χ3v) is 4.89. The zero-order valence-corrected chi connectivity index (χ0v) is 14.7. The van der Waals surface area contributed by atoms with Gasteiger partial charge in [-0.25, -0.2) is 0 Å². The van der Waals surface area contributed by atoms with Gasteiger partial charge in [-0.05, 0) is 48.7 Å². The molecule has 1 fully saturated rings. The predicted octanol–water partition coefficient (Wildman–Crippen LogP) is 2.44.